The molecule has 0 atom stereocenters. The van der Waals surface area contributed by atoms with Gasteiger partial charge in [-0.25, -0.2) is 0 Å². The van der Waals surface area contributed by atoms with E-state index in [1.807, 2.05) is 18.5 Å². The standard InChI is InChI=1S/C22H26N4O3/c1-14(2)13-26-16(4)19(15(3)25-26)12-21(27)23-17-7-9-18(10-8-17)24-22(28)20-6-5-11-29-20/h5-11,14H,12-13H2,1-4H3,(H,23,27)(H,24,28). The molecule has 1 aromatic carbocycles. The van der Waals surface area contributed by atoms with Gasteiger partial charge in [0.1, 0.15) is 0 Å². The highest BCUT2D eigenvalue weighted by Gasteiger charge is 2.16. The minimum atomic E-state index is -0.323. The van der Waals surface area contributed by atoms with Crippen molar-refractivity contribution in [3.63, 3.8) is 0 Å². The summed E-state index contributed by atoms with van der Waals surface area (Å²) in [5.74, 6) is 0.302. The Hall–Kier alpha value is -3.35. The fourth-order valence-corrected chi connectivity index (χ4v) is 3.12. The zero-order chi connectivity index (χ0) is 21.0. The van der Waals surface area contributed by atoms with Gasteiger partial charge in [-0.3, -0.25) is 14.3 Å². The number of anilines is 2. The molecule has 7 heteroatoms. The van der Waals surface area contributed by atoms with Crippen molar-refractivity contribution in [1.29, 1.82) is 0 Å². The zero-order valence-corrected chi connectivity index (χ0v) is 17.2. The molecule has 3 rings (SSSR count). The van der Waals surface area contributed by atoms with Crippen LogP contribution < -0.4 is 10.6 Å². The summed E-state index contributed by atoms with van der Waals surface area (Å²) in [4.78, 5) is 24.5. The first-order valence-corrected chi connectivity index (χ1v) is 9.61. The van der Waals surface area contributed by atoms with Crippen molar-refractivity contribution in [2.75, 3.05) is 10.6 Å². The number of rotatable bonds is 7. The van der Waals surface area contributed by atoms with Gasteiger partial charge in [-0.1, -0.05) is 13.8 Å². The number of nitrogens with zero attached hydrogens (tertiary/aromatic N) is 2. The molecule has 0 radical (unpaired) electrons. The molecule has 2 heterocycles. The van der Waals surface area contributed by atoms with Crippen LogP contribution >= 0.6 is 0 Å². The van der Waals surface area contributed by atoms with Gasteiger partial charge in [-0.05, 0) is 56.2 Å². The number of aryl methyl sites for hydroxylation is 1. The maximum Gasteiger partial charge on any atom is 0.291 e. The van der Waals surface area contributed by atoms with E-state index in [2.05, 4.69) is 29.6 Å². The van der Waals surface area contributed by atoms with Crippen molar-refractivity contribution >= 4 is 23.2 Å². The predicted molar refractivity (Wildman–Crippen MR) is 112 cm³/mol. The van der Waals surface area contributed by atoms with Gasteiger partial charge in [0.05, 0.1) is 18.4 Å². The first-order valence-electron chi connectivity index (χ1n) is 9.61. The van der Waals surface area contributed by atoms with Crippen molar-refractivity contribution in [1.82, 2.24) is 9.78 Å². The van der Waals surface area contributed by atoms with Gasteiger partial charge in [0.2, 0.25) is 5.91 Å². The van der Waals surface area contributed by atoms with E-state index in [-0.39, 0.29) is 24.0 Å². The van der Waals surface area contributed by atoms with Gasteiger partial charge >= 0.3 is 0 Å². The molecule has 2 aromatic heterocycles. The Kier molecular flexibility index (Phi) is 6.16. The largest absolute Gasteiger partial charge is 0.459 e. The number of hydrogen-bond donors (Lipinski definition) is 2. The van der Waals surface area contributed by atoms with Crippen LogP contribution in [0.3, 0.4) is 0 Å². The van der Waals surface area contributed by atoms with Gasteiger partial charge in [-0.15, -0.1) is 0 Å². The lowest BCUT2D eigenvalue weighted by molar-refractivity contribution is -0.115. The topological polar surface area (TPSA) is 89.2 Å². The van der Waals surface area contributed by atoms with Crippen LogP contribution in [-0.4, -0.2) is 21.6 Å². The molecular formula is C22H26N4O3. The van der Waals surface area contributed by atoms with E-state index in [4.69, 9.17) is 4.42 Å². The fraction of sp³-hybridized carbons (Fsp3) is 0.318. The van der Waals surface area contributed by atoms with Gasteiger partial charge in [0, 0.05) is 29.2 Å². The SMILES string of the molecule is Cc1nn(CC(C)C)c(C)c1CC(=O)Nc1ccc(NC(=O)c2ccco2)cc1. The van der Waals surface area contributed by atoms with Crippen LogP contribution in [0.25, 0.3) is 0 Å². The molecule has 0 bridgehead atoms. The Labute approximate surface area is 170 Å². The lowest BCUT2D eigenvalue weighted by Gasteiger charge is -2.09. The molecule has 0 aliphatic rings. The summed E-state index contributed by atoms with van der Waals surface area (Å²) < 4.78 is 7.04. The van der Waals surface area contributed by atoms with Gasteiger partial charge in [0.15, 0.2) is 5.76 Å². The Morgan fingerprint density at radius 2 is 1.72 bits per heavy atom. The lowest BCUT2D eigenvalue weighted by Crippen LogP contribution is -2.16. The molecule has 0 aliphatic carbocycles. The summed E-state index contributed by atoms with van der Waals surface area (Å²) in [5.41, 5.74) is 4.16. The summed E-state index contributed by atoms with van der Waals surface area (Å²) in [6.07, 6.45) is 1.72. The molecule has 0 saturated carbocycles. The maximum absolute atomic E-state index is 12.5. The monoisotopic (exact) mass is 394 g/mol. The van der Waals surface area contributed by atoms with Gasteiger partial charge < -0.3 is 15.1 Å². The van der Waals surface area contributed by atoms with E-state index in [0.717, 1.165) is 23.5 Å². The van der Waals surface area contributed by atoms with E-state index < -0.39 is 0 Å². The van der Waals surface area contributed by atoms with Crippen LogP contribution in [0, 0.1) is 19.8 Å². The van der Waals surface area contributed by atoms with Crippen molar-refractivity contribution in [2.45, 2.75) is 40.7 Å². The highest BCUT2D eigenvalue weighted by Crippen LogP contribution is 2.18. The Morgan fingerprint density at radius 3 is 2.31 bits per heavy atom. The molecule has 29 heavy (non-hydrogen) atoms. The quantitative estimate of drug-likeness (QED) is 0.629. The zero-order valence-electron chi connectivity index (χ0n) is 17.2. The summed E-state index contributed by atoms with van der Waals surface area (Å²) in [7, 11) is 0. The van der Waals surface area contributed by atoms with E-state index in [0.29, 0.717) is 17.3 Å². The lowest BCUT2D eigenvalue weighted by atomic mass is 10.1. The molecule has 3 aromatic rings. The maximum atomic E-state index is 12.5. The van der Waals surface area contributed by atoms with Crippen molar-refractivity contribution in [2.24, 2.45) is 5.92 Å². The van der Waals surface area contributed by atoms with Crippen LogP contribution in [0.2, 0.25) is 0 Å². The molecule has 0 spiro atoms. The van der Waals surface area contributed by atoms with Crippen LogP contribution in [0.4, 0.5) is 11.4 Å². The second-order valence-corrected chi connectivity index (χ2v) is 7.46. The third kappa shape index (κ3) is 5.13. The molecule has 0 aliphatic heterocycles. The second-order valence-electron chi connectivity index (χ2n) is 7.46. The van der Waals surface area contributed by atoms with Crippen LogP contribution in [0.1, 0.15) is 41.4 Å². The molecular weight excluding hydrogens is 368 g/mol. The normalized spacial score (nSPS) is 10.9. The number of aromatic nitrogens is 2. The number of carbonyl (C=O) groups excluding carboxylic acids is 2. The predicted octanol–water partition coefficient (Wildman–Crippen LogP) is 4.18. The molecule has 2 N–H and O–H groups in total. The highest BCUT2D eigenvalue weighted by molar-refractivity contribution is 6.02. The first-order chi connectivity index (χ1) is 13.8. The third-order valence-corrected chi connectivity index (χ3v) is 4.58. The number of hydrogen-bond acceptors (Lipinski definition) is 4. The summed E-state index contributed by atoms with van der Waals surface area (Å²) >= 11 is 0. The smallest absolute Gasteiger partial charge is 0.291 e. The van der Waals surface area contributed by atoms with Crippen LogP contribution in [0.15, 0.2) is 47.1 Å². The molecule has 0 fully saturated rings. The van der Waals surface area contributed by atoms with Gasteiger partial charge in [-0.2, -0.15) is 5.10 Å². The Morgan fingerprint density at radius 1 is 1.07 bits per heavy atom. The number of furan rings is 1. The van der Waals surface area contributed by atoms with Crippen LogP contribution in [0.5, 0.6) is 0 Å². The number of nitrogens with one attached hydrogen (secondary N) is 2. The third-order valence-electron chi connectivity index (χ3n) is 4.58. The van der Waals surface area contributed by atoms with E-state index in [9.17, 15) is 9.59 Å². The van der Waals surface area contributed by atoms with Gasteiger partial charge in [0.25, 0.3) is 5.91 Å². The number of amides is 2. The van der Waals surface area contributed by atoms with E-state index >= 15 is 0 Å². The summed E-state index contributed by atoms with van der Waals surface area (Å²) in [6.45, 7) is 9.05. The Bertz CT molecular complexity index is 986. The van der Waals surface area contributed by atoms with Crippen molar-refractivity contribution in [3.05, 3.63) is 65.4 Å². The highest BCUT2D eigenvalue weighted by atomic mass is 16.3. The average Bonchev–Trinajstić information content (AvgIpc) is 3.28. The first kappa shape index (κ1) is 20.4. The molecule has 0 saturated heterocycles. The van der Waals surface area contributed by atoms with E-state index in [1.54, 1.807) is 36.4 Å². The fourth-order valence-electron chi connectivity index (χ4n) is 3.12. The average molecular weight is 394 g/mol. The Balaban J connectivity index is 1.60. The van der Waals surface area contributed by atoms with E-state index in [1.165, 1.54) is 6.26 Å². The molecule has 7 nitrogen and oxygen atoms in total. The molecule has 0 unspecified atom stereocenters. The minimum absolute atomic E-state index is 0.104. The van der Waals surface area contributed by atoms with Crippen molar-refractivity contribution < 1.29 is 14.0 Å². The molecule has 2 amide bonds. The van der Waals surface area contributed by atoms with Crippen molar-refractivity contribution in [3.8, 4) is 0 Å². The minimum Gasteiger partial charge on any atom is -0.459 e. The summed E-state index contributed by atoms with van der Waals surface area (Å²) in [6, 6.07) is 10.2. The van der Waals surface area contributed by atoms with Crippen LogP contribution in [-0.2, 0) is 17.8 Å². The second kappa shape index (κ2) is 8.77. The summed E-state index contributed by atoms with van der Waals surface area (Å²) in [5, 5.41) is 10.2. The number of carbonyl (C=O) groups is 2. The number of benzene rings is 1. The molecule has 152 valence electrons.